The number of fused-ring (bicyclic) bond motifs is 1. The topological polar surface area (TPSA) is 123 Å². The van der Waals surface area contributed by atoms with Crippen LogP contribution in [0.3, 0.4) is 0 Å². The van der Waals surface area contributed by atoms with Gasteiger partial charge in [0.2, 0.25) is 15.9 Å². The van der Waals surface area contributed by atoms with Gasteiger partial charge >= 0.3 is 0 Å². The fraction of sp³-hybridized carbons (Fsp3) is 0.308. The molecular formula is C26H31N5O4S. The van der Waals surface area contributed by atoms with Crippen molar-refractivity contribution in [1.29, 1.82) is 0 Å². The standard InChI is InChI=1S/C26H31N5O4S/c1-19-28-18-24-25(31(19)26(33)12-16-32)17-23(30-24)21-7-9-22(10-8-21)36(34,35)29-15-14-27-13-11-20-5-3-2-4-6-20/h2-10,16-17,19,27-30H,11-15,18H2,1H3. The molecule has 1 amide bonds. The number of carbonyl (C=O) groups excluding carboxylic acids is 2. The number of anilines is 1. The molecule has 0 spiro atoms. The third-order valence-corrected chi connectivity index (χ3v) is 7.60. The van der Waals surface area contributed by atoms with Crippen LogP contribution in [0.15, 0.2) is 65.6 Å². The van der Waals surface area contributed by atoms with Crippen LogP contribution in [-0.4, -0.2) is 51.4 Å². The van der Waals surface area contributed by atoms with Crippen LogP contribution in [0.5, 0.6) is 0 Å². The molecule has 4 rings (SSSR count). The SMILES string of the molecule is CC1NCc2[nH]c(-c3ccc(S(=O)(=O)NCCNCCc4ccccc4)cc3)cc2N1C(=O)CC=O. The van der Waals surface area contributed by atoms with E-state index in [1.807, 2.05) is 31.2 Å². The molecule has 190 valence electrons. The Bertz CT molecular complexity index is 1290. The molecule has 36 heavy (non-hydrogen) atoms. The molecule has 0 radical (unpaired) electrons. The molecule has 0 saturated carbocycles. The van der Waals surface area contributed by atoms with Gasteiger partial charge in [-0.3, -0.25) is 15.0 Å². The summed E-state index contributed by atoms with van der Waals surface area (Å²) in [6, 6.07) is 18.6. The summed E-state index contributed by atoms with van der Waals surface area (Å²) in [6.45, 7) is 4.01. The summed E-state index contributed by atoms with van der Waals surface area (Å²) in [6.07, 6.45) is 1.06. The molecule has 1 aliphatic rings. The Hall–Kier alpha value is -3.31. The fourth-order valence-electron chi connectivity index (χ4n) is 4.23. The molecule has 0 saturated heterocycles. The Kier molecular flexibility index (Phi) is 8.32. The Morgan fingerprint density at radius 1 is 1.08 bits per heavy atom. The van der Waals surface area contributed by atoms with Gasteiger partial charge in [-0.25, -0.2) is 13.1 Å². The monoisotopic (exact) mass is 509 g/mol. The highest BCUT2D eigenvalue weighted by Gasteiger charge is 2.29. The van der Waals surface area contributed by atoms with Crippen molar-refractivity contribution in [3.8, 4) is 11.3 Å². The lowest BCUT2D eigenvalue weighted by atomic mass is 10.1. The smallest absolute Gasteiger partial charge is 0.240 e. The lowest BCUT2D eigenvalue weighted by Gasteiger charge is -2.33. The second-order valence-corrected chi connectivity index (χ2v) is 10.4. The summed E-state index contributed by atoms with van der Waals surface area (Å²) in [7, 11) is -3.63. The zero-order valence-corrected chi connectivity index (χ0v) is 21.0. The number of H-pyrrole nitrogens is 1. The van der Waals surface area contributed by atoms with E-state index in [4.69, 9.17) is 0 Å². The number of carbonyl (C=O) groups is 2. The van der Waals surface area contributed by atoms with Crippen molar-refractivity contribution in [2.24, 2.45) is 0 Å². The van der Waals surface area contributed by atoms with Gasteiger partial charge in [-0.05, 0) is 49.2 Å². The summed E-state index contributed by atoms with van der Waals surface area (Å²) in [5.74, 6) is -0.279. The number of hydrogen-bond donors (Lipinski definition) is 4. The van der Waals surface area contributed by atoms with E-state index in [9.17, 15) is 18.0 Å². The van der Waals surface area contributed by atoms with Crippen LogP contribution in [0.25, 0.3) is 11.3 Å². The van der Waals surface area contributed by atoms with Crippen molar-refractivity contribution in [3.63, 3.8) is 0 Å². The van der Waals surface area contributed by atoms with E-state index in [1.54, 1.807) is 29.2 Å². The maximum absolute atomic E-state index is 12.7. The lowest BCUT2D eigenvalue weighted by Crippen LogP contribution is -2.50. The third-order valence-electron chi connectivity index (χ3n) is 6.13. The highest BCUT2D eigenvalue weighted by Crippen LogP contribution is 2.32. The fourth-order valence-corrected chi connectivity index (χ4v) is 5.27. The number of aldehydes is 1. The quantitative estimate of drug-likeness (QED) is 0.178. The first-order chi connectivity index (χ1) is 17.4. The Labute approximate surface area is 211 Å². The molecule has 1 aromatic heterocycles. The first-order valence-corrected chi connectivity index (χ1v) is 13.4. The van der Waals surface area contributed by atoms with Gasteiger partial charge in [-0.1, -0.05) is 42.5 Å². The molecule has 1 aliphatic heterocycles. The van der Waals surface area contributed by atoms with E-state index in [1.165, 1.54) is 5.56 Å². The molecule has 10 heteroatoms. The number of hydrogen-bond acceptors (Lipinski definition) is 6. The van der Waals surface area contributed by atoms with Gasteiger partial charge in [0.25, 0.3) is 0 Å². The zero-order valence-electron chi connectivity index (χ0n) is 20.2. The van der Waals surface area contributed by atoms with Crippen molar-refractivity contribution in [2.75, 3.05) is 24.5 Å². The van der Waals surface area contributed by atoms with E-state index in [-0.39, 0.29) is 29.9 Å². The van der Waals surface area contributed by atoms with Crippen LogP contribution in [0, 0.1) is 0 Å². The summed E-state index contributed by atoms with van der Waals surface area (Å²) in [5, 5.41) is 6.48. The van der Waals surface area contributed by atoms with Crippen molar-refractivity contribution in [3.05, 3.63) is 71.9 Å². The van der Waals surface area contributed by atoms with Crippen molar-refractivity contribution in [2.45, 2.75) is 37.4 Å². The van der Waals surface area contributed by atoms with Gasteiger partial charge in [-0.2, -0.15) is 0 Å². The van der Waals surface area contributed by atoms with Gasteiger partial charge < -0.3 is 15.1 Å². The maximum Gasteiger partial charge on any atom is 0.240 e. The van der Waals surface area contributed by atoms with Gasteiger partial charge in [0.05, 0.1) is 28.9 Å². The van der Waals surface area contributed by atoms with Crippen molar-refractivity contribution < 1.29 is 18.0 Å². The minimum absolute atomic E-state index is 0.185. The Morgan fingerprint density at radius 3 is 2.56 bits per heavy atom. The number of benzene rings is 2. The summed E-state index contributed by atoms with van der Waals surface area (Å²) >= 11 is 0. The van der Waals surface area contributed by atoms with Crippen LogP contribution >= 0.6 is 0 Å². The number of amides is 1. The molecule has 4 N–H and O–H groups in total. The van der Waals surface area contributed by atoms with Crippen molar-refractivity contribution >= 4 is 27.9 Å². The zero-order chi connectivity index (χ0) is 25.5. The minimum atomic E-state index is -3.63. The predicted octanol–water partition coefficient (Wildman–Crippen LogP) is 2.16. The predicted molar refractivity (Wildman–Crippen MR) is 139 cm³/mol. The number of aromatic amines is 1. The molecule has 0 aliphatic carbocycles. The molecule has 3 aromatic rings. The number of nitrogens with one attached hydrogen (secondary N) is 4. The molecular weight excluding hydrogens is 478 g/mol. The van der Waals surface area contributed by atoms with E-state index < -0.39 is 10.0 Å². The Balaban J connectivity index is 1.35. The van der Waals surface area contributed by atoms with Gasteiger partial charge in [-0.15, -0.1) is 0 Å². The number of sulfonamides is 1. The molecule has 0 fully saturated rings. The van der Waals surface area contributed by atoms with Gasteiger partial charge in [0, 0.05) is 25.3 Å². The highest BCUT2D eigenvalue weighted by molar-refractivity contribution is 7.89. The third kappa shape index (κ3) is 6.08. The van der Waals surface area contributed by atoms with Crippen LogP contribution in [0.1, 0.15) is 24.6 Å². The summed E-state index contributed by atoms with van der Waals surface area (Å²) < 4.78 is 28.0. The van der Waals surface area contributed by atoms with E-state index in [0.717, 1.165) is 35.6 Å². The lowest BCUT2D eigenvalue weighted by molar-refractivity contribution is -0.122. The van der Waals surface area contributed by atoms with Gasteiger partial charge in [0.1, 0.15) is 6.29 Å². The first kappa shape index (κ1) is 25.8. The number of nitrogens with zero attached hydrogens (tertiary/aromatic N) is 1. The average Bonchev–Trinajstić information content (AvgIpc) is 3.31. The number of aromatic nitrogens is 1. The second-order valence-electron chi connectivity index (χ2n) is 8.65. The van der Waals surface area contributed by atoms with E-state index >= 15 is 0 Å². The van der Waals surface area contributed by atoms with Crippen molar-refractivity contribution in [1.82, 2.24) is 20.3 Å². The summed E-state index contributed by atoms with van der Waals surface area (Å²) in [5.41, 5.74) is 4.35. The average molecular weight is 510 g/mol. The number of rotatable bonds is 11. The Morgan fingerprint density at radius 2 is 1.83 bits per heavy atom. The van der Waals surface area contributed by atoms with Crippen LogP contribution in [0.2, 0.25) is 0 Å². The molecule has 2 heterocycles. The van der Waals surface area contributed by atoms with E-state index in [0.29, 0.717) is 19.4 Å². The maximum atomic E-state index is 12.7. The molecule has 9 nitrogen and oxygen atoms in total. The first-order valence-electron chi connectivity index (χ1n) is 11.9. The second kappa shape index (κ2) is 11.6. The van der Waals surface area contributed by atoms with E-state index in [2.05, 4.69) is 32.5 Å². The molecule has 1 unspecified atom stereocenters. The van der Waals surface area contributed by atoms with Crippen LogP contribution in [0.4, 0.5) is 5.69 Å². The van der Waals surface area contributed by atoms with Crippen LogP contribution in [-0.2, 0) is 32.6 Å². The highest BCUT2D eigenvalue weighted by atomic mass is 32.2. The normalized spacial score (nSPS) is 15.5. The summed E-state index contributed by atoms with van der Waals surface area (Å²) in [4.78, 5) is 28.4. The largest absolute Gasteiger partial charge is 0.356 e. The minimum Gasteiger partial charge on any atom is -0.356 e. The van der Waals surface area contributed by atoms with Gasteiger partial charge in [0.15, 0.2) is 0 Å². The molecule has 0 bridgehead atoms. The molecule has 2 aromatic carbocycles. The molecule has 1 atom stereocenters. The van der Waals surface area contributed by atoms with Crippen LogP contribution < -0.4 is 20.3 Å².